The van der Waals surface area contributed by atoms with Gasteiger partial charge in [0.25, 0.3) is 0 Å². The van der Waals surface area contributed by atoms with Gasteiger partial charge in [-0.2, -0.15) is 5.26 Å². The number of amides is 1. The number of hydrogen-bond acceptors (Lipinski definition) is 3. The molecule has 1 aromatic rings. The number of nitrogens with two attached hydrogens (primary N) is 1. The molecule has 0 aromatic heterocycles. The van der Waals surface area contributed by atoms with Gasteiger partial charge in [0, 0.05) is 12.0 Å². The zero-order valence-corrected chi connectivity index (χ0v) is 10.5. The van der Waals surface area contributed by atoms with Crippen LogP contribution in [0, 0.1) is 17.1 Å². The van der Waals surface area contributed by atoms with Crippen molar-refractivity contribution in [2.24, 2.45) is 5.73 Å². The lowest BCUT2D eigenvalue weighted by Crippen LogP contribution is -2.33. The molecular weight excluding hydrogens is 233 g/mol. The molecule has 0 saturated carbocycles. The van der Waals surface area contributed by atoms with Gasteiger partial charge in [-0.15, -0.1) is 0 Å². The van der Waals surface area contributed by atoms with E-state index in [1.165, 1.54) is 12.1 Å². The summed E-state index contributed by atoms with van der Waals surface area (Å²) >= 11 is 0. The maximum absolute atomic E-state index is 13.5. The van der Waals surface area contributed by atoms with Crippen LogP contribution in [0.4, 0.5) is 10.1 Å². The van der Waals surface area contributed by atoms with E-state index in [0.717, 1.165) is 6.07 Å². The number of nitriles is 1. The minimum atomic E-state index is -0.616. The van der Waals surface area contributed by atoms with Crippen molar-refractivity contribution >= 4 is 11.6 Å². The average Bonchev–Trinajstić information content (AvgIpc) is 2.28. The van der Waals surface area contributed by atoms with Crippen LogP contribution >= 0.6 is 0 Å². The SMILES string of the molecule is CC(C)(N)CCC(=O)Nc1ccc(C#N)cc1F. The number of halogens is 1. The largest absolute Gasteiger partial charge is 0.326 e. The second-order valence-corrected chi connectivity index (χ2v) is 4.84. The first kappa shape index (κ1) is 14.1. The van der Waals surface area contributed by atoms with E-state index in [-0.39, 0.29) is 23.6 Å². The van der Waals surface area contributed by atoms with Crippen molar-refractivity contribution in [1.29, 1.82) is 5.26 Å². The summed E-state index contributed by atoms with van der Waals surface area (Å²) in [7, 11) is 0. The summed E-state index contributed by atoms with van der Waals surface area (Å²) in [5.41, 5.74) is 5.62. The lowest BCUT2D eigenvalue weighted by Gasteiger charge is -2.17. The lowest BCUT2D eigenvalue weighted by molar-refractivity contribution is -0.116. The number of nitrogens with one attached hydrogen (secondary N) is 1. The topological polar surface area (TPSA) is 78.9 Å². The number of nitrogens with zero attached hydrogens (tertiary/aromatic N) is 1. The molecule has 0 aliphatic rings. The Kier molecular flexibility index (Phi) is 4.40. The number of carbonyl (C=O) groups excluding carboxylic acids is 1. The predicted octanol–water partition coefficient (Wildman–Crippen LogP) is 2.15. The van der Waals surface area contributed by atoms with Gasteiger partial charge >= 0.3 is 0 Å². The Balaban J connectivity index is 2.63. The molecule has 18 heavy (non-hydrogen) atoms. The third kappa shape index (κ3) is 4.52. The van der Waals surface area contributed by atoms with Gasteiger partial charge in [-0.3, -0.25) is 4.79 Å². The molecule has 4 nitrogen and oxygen atoms in total. The molecule has 3 N–H and O–H groups in total. The van der Waals surface area contributed by atoms with Crippen LogP contribution in [0.5, 0.6) is 0 Å². The summed E-state index contributed by atoms with van der Waals surface area (Å²) in [6.07, 6.45) is 0.736. The molecule has 5 heteroatoms. The molecule has 0 saturated heterocycles. The van der Waals surface area contributed by atoms with Crippen molar-refractivity contribution in [3.63, 3.8) is 0 Å². The third-order valence-electron chi connectivity index (χ3n) is 2.37. The first-order chi connectivity index (χ1) is 8.31. The van der Waals surface area contributed by atoms with Crippen LogP contribution in [-0.2, 0) is 4.79 Å². The molecule has 1 amide bonds. The van der Waals surface area contributed by atoms with Crippen molar-refractivity contribution < 1.29 is 9.18 Å². The predicted molar refractivity (Wildman–Crippen MR) is 67.2 cm³/mol. The molecule has 0 fully saturated rings. The molecule has 0 aliphatic heterocycles. The van der Waals surface area contributed by atoms with Gasteiger partial charge in [-0.25, -0.2) is 4.39 Å². The molecule has 0 atom stereocenters. The maximum Gasteiger partial charge on any atom is 0.224 e. The quantitative estimate of drug-likeness (QED) is 0.858. The summed E-state index contributed by atoms with van der Waals surface area (Å²) in [6.45, 7) is 3.64. The monoisotopic (exact) mass is 249 g/mol. The standard InChI is InChI=1S/C13H16FN3O/c1-13(2,16)6-5-12(18)17-11-4-3-9(8-15)7-10(11)14/h3-4,7H,5-6,16H2,1-2H3,(H,17,18). The second kappa shape index (κ2) is 5.61. The summed E-state index contributed by atoms with van der Waals surface area (Å²) in [6, 6.07) is 5.73. The van der Waals surface area contributed by atoms with Crippen molar-refractivity contribution in [3.05, 3.63) is 29.6 Å². The first-order valence-electron chi connectivity index (χ1n) is 5.60. The van der Waals surface area contributed by atoms with Gasteiger partial charge in [0.1, 0.15) is 5.82 Å². The van der Waals surface area contributed by atoms with Gasteiger partial charge < -0.3 is 11.1 Å². The first-order valence-corrected chi connectivity index (χ1v) is 5.60. The molecule has 0 radical (unpaired) electrons. The Labute approximate surface area is 106 Å². The van der Waals surface area contributed by atoms with Crippen LogP contribution in [0.1, 0.15) is 32.3 Å². The van der Waals surface area contributed by atoms with E-state index < -0.39 is 11.4 Å². The molecule has 0 aliphatic carbocycles. The highest BCUT2D eigenvalue weighted by molar-refractivity contribution is 5.90. The van der Waals surface area contributed by atoms with Gasteiger partial charge in [0.2, 0.25) is 5.91 Å². The number of rotatable bonds is 4. The molecule has 96 valence electrons. The minimum Gasteiger partial charge on any atom is -0.326 e. The Hall–Kier alpha value is -1.93. The van der Waals surface area contributed by atoms with Crippen molar-refractivity contribution in [2.75, 3.05) is 5.32 Å². The second-order valence-electron chi connectivity index (χ2n) is 4.84. The van der Waals surface area contributed by atoms with E-state index in [0.29, 0.717) is 6.42 Å². The maximum atomic E-state index is 13.5. The number of carbonyl (C=O) groups is 1. The minimum absolute atomic E-state index is 0.0776. The van der Waals surface area contributed by atoms with Crippen LogP contribution in [0.15, 0.2) is 18.2 Å². The number of anilines is 1. The Morgan fingerprint density at radius 3 is 2.72 bits per heavy atom. The van der Waals surface area contributed by atoms with E-state index in [1.54, 1.807) is 0 Å². The number of hydrogen-bond donors (Lipinski definition) is 2. The van der Waals surface area contributed by atoms with Crippen LogP contribution in [0.25, 0.3) is 0 Å². The normalized spacial score (nSPS) is 10.8. The van der Waals surface area contributed by atoms with Crippen molar-refractivity contribution in [3.8, 4) is 6.07 Å². The van der Waals surface area contributed by atoms with Gasteiger partial charge in [-0.05, 0) is 38.5 Å². The lowest BCUT2D eigenvalue weighted by atomic mass is 10.00. The van der Waals surface area contributed by atoms with E-state index in [4.69, 9.17) is 11.0 Å². The summed E-state index contributed by atoms with van der Waals surface area (Å²) in [5, 5.41) is 11.0. The smallest absolute Gasteiger partial charge is 0.224 e. The van der Waals surface area contributed by atoms with Crippen LogP contribution < -0.4 is 11.1 Å². The zero-order chi connectivity index (χ0) is 13.8. The Morgan fingerprint density at radius 2 is 2.22 bits per heavy atom. The summed E-state index contributed by atoms with van der Waals surface area (Å²) in [4.78, 5) is 11.6. The highest BCUT2D eigenvalue weighted by Crippen LogP contribution is 2.16. The van der Waals surface area contributed by atoms with E-state index >= 15 is 0 Å². The molecule has 1 aromatic carbocycles. The van der Waals surface area contributed by atoms with Gasteiger partial charge in [-0.1, -0.05) is 0 Å². The van der Waals surface area contributed by atoms with E-state index in [2.05, 4.69) is 5.32 Å². The molecule has 0 heterocycles. The zero-order valence-electron chi connectivity index (χ0n) is 10.5. The fraction of sp³-hybridized carbons (Fsp3) is 0.385. The van der Waals surface area contributed by atoms with Gasteiger partial charge in [0.05, 0.1) is 17.3 Å². The van der Waals surface area contributed by atoms with Gasteiger partial charge in [0.15, 0.2) is 0 Å². The molecule has 1 rings (SSSR count). The molecule has 0 spiro atoms. The van der Waals surface area contributed by atoms with Crippen LogP contribution in [0.3, 0.4) is 0 Å². The molecule has 0 unspecified atom stereocenters. The van der Waals surface area contributed by atoms with E-state index in [1.807, 2.05) is 19.9 Å². The fourth-order valence-corrected chi connectivity index (χ4v) is 1.33. The fourth-order valence-electron chi connectivity index (χ4n) is 1.33. The van der Waals surface area contributed by atoms with E-state index in [9.17, 15) is 9.18 Å². The molecular formula is C13H16FN3O. The van der Waals surface area contributed by atoms with Crippen LogP contribution in [0.2, 0.25) is 0 Å². The average molecular weight is 249 g/mol. The Morgan fingerprint density at radius 1 is 1.56 bits per heavy atom. The molecule has 0 bridgehead atoms. The summed E-state index contributed by atoms with van der Waals surface area (Å²) < 4.78 is 13.5. The van der Waals surface area contributed by atoms with Crippen molar-refractivity contribution in [2.45, 2.75) is 32.2 Å². The summed E-state index contributed by atoms with van der Waals surface area (Å²) in [5.74, 6) is -0.911. The number of benzene rings is 1. The van der Waals surface area contributed by atoms with Crippen molar-refractivity contribution in [1.82, 2.24) is 0 Å². The highest BCUT2D eigenvalue weighted by Gasteiger charge is 2.14. The van der Waals surface area contributed by atoms with Crippen LogP contribution in [-0.4, -0.2) is 11.4 Å². The third-order valence-corrected chi connectivity index (χ3v) is 2.37. The highest BCUT2D eigenvalue weighted by atomic mass is 19.1. The Bertz CT molecular complexity index is 486.